The van der Waals surface area contributed by atoms with Crippen LogP contribution in [0.15, 0.2) is 28.8 Å². The number of benzene rings is 1. The molecule has 27 heavy (non-hydrogen) atoms. The minimum atomic E-state index is -0.542. The molecule has 1 atom stereocenters. The van der Waals surface area contributed by atoms with Crippen LogP contribution in [0.25, 0.3) is 11.4 Å². The molecule has 0 radical (unpaired) electrons. The maximum Gasteiger partial charge on any atom is 0.246 e. The Morgan fingerprint density at radius 2 is 1.89 bits per heavy atom. The third-order valence-electron chi connectivity index (χ3n) is 4.75. The highest BCUT2D eigenvalue weighted by Gasteiger charge is 2.18. The minimum absolute atomic E-state index is 0. The third kappa shape index (κ3) is 5.43. The minimum Gasteiger partial charge on any atom is -0.372 e. The highest BCUT2D eigenvalue weighted by atomic mass is 35.5. The van der Waals surface area contributed by atoms with Crippen molar-refractivity contribution in [3.63, 3.8) is 0 Å². The molecule has 2 heterocycles. The first-order valence-electron chi connectivity index (χ1n) is 9.26. The van der Waals surface area contributed by atoms with E-state index >= 15 is 0 Å². The van der Waals surface area contributed by atoms with Gasteiger partial charge in [0.05, 0.1) is 12.6 Å². The van der Waals surface area contributed by atoms with E-state index in [2.05, 4.69) is 32.5 Å². The quantitative estimate of drug-likeness (QED) is 0.783. The maximum atomic E-state index is 11.9. The summed E-state index contributed by atoms with van der Waals surface area (Å²) < 4.78 is 5.23. The number of aromatic nitrogens is 2. The van der Waals surface area contributed by atoms with Gasteiger partial charge in [0.1, 0.15) is 0 Å². The van der Waals surface area contributed by atoms with Crippen LogP contribution in [0.2, 0.25) is 0 Å². The van der Waals surface area contributed by atoms with Crippen LogP contribution in [0, 0.1) is 5.92 Å². The second-order valence-corrected chi connectivity index (χ2v) is 7.09. The van der Waals surface area contributed by atoms with Gasteiger partial charge >= 0.3 is 0 Å². The molecule has 1 aromatic heterocycles. The van der Waals surface area contributed by atoms with E-state index in [1.165, 1.54) is 24.9 Å². The lowest BCUT2D eigenvalue weighted by atomic mass is 10.1. The Bertz CT molecular complexity index is 726. The number of hydrogen-bond donors (Lipinski definition) is 2. The van der Waals surface area contributed by atoms with Gasteiger partial charge in [0.2, 0.25) is 17.6 Å². The number of nitrogens with two attached hydrogens (primary N) is 1. The Labute approximate surface area is 166 Å². The summed E-state index contributed by atoms with van der Waals surface area (Å²) in [5.74, 6) is 0.745. The Morgan fingerprint density at radius 3 is 2.52 bits per heavy atom. The van der Waals surface area contributed by atoms with Gasteiger partial charge in [0, 0.05) is 24.3 Å². The number of carbonyl (C=O) groups is 1. The summed E-state index contributed by atoms with van der Waals surface area (Å²) in [6.07, 6.45) is 3.82. The first-order valence-corrected chi connectivity index (χ1v) is 9.26. The highest BCUT2D eigenvalue weighted by Crippen LogP contribution is 2.23. The largest absolute Gasteiger partial charge is 0.372 e. The average molecular weight is 394 g/mol. The van der Waals surface area contributed by atoms with Crippen LogP contribution in [0.1, 0.15) is 39.0 Å². The number of nitrogens with one attached hydrogen (secondary N) is 1. The summed E-state index contributed by atoms with van der Waals surface area (Å²) in [5, 5.41) is 6.73. The fourth-order valence-corrected chi connectivity index (χ4v) is 3.00. The van der Waals surface area contributed by atoms with Gasteiger partial charge in [-0.3, -0.25) is 4.79 Å². The molecular weight excluding hydrogens is 366 g/mol. The zero-order valence-corrected chi connectivity index (χ0v) is 16.7. The average Bonchev–Trinajstić information content (AvgIpc) is 3.15. The lowest BCUT2D eigenvalue weighted by Crippen LogP contribution is -2.43. The molecule has 0 unspecified atom stereocenters. The molecule has 3 rings (SSSR count). The zero-order chi connectivity index (χ0) is 18.5. The van der Waals surface area contributed by atoms with Crippen molar-refractivity contribution in [1.82, 2.24) is 15.5 Å². The smallest absolute Gasteiger partial charge is 0.246 e. The monoisotopic (exact) mass is 393 g/mol. The molecule has 0 aliphatic carbocycles. The van der Waals surface area contributed by atoms with Crippen molar-refractivity contribution in [3.8, 4) is 11.4 Å². The molecule has 1 aliphatic heterocycles. The van der Waals surface area contributed by atoms with Crippen LogP contribution in [-0.4, -0.2) is 35.2 Å². The first-order chi connectivity index (χ1) is 12.5. The second-order valence-electron chi connectivity index (χ2n) is 7.09. The highest BCUT2D eigenvalue weighted by molar-refractivity contribution is 5.85. The zero-order valence-electron chi connectivity index (χ0n) is 15.9. The molecule has 0 saturated carbocycles. The summed E-state index contributed by atoms with van der Waals surface area (Å²) in [6, 6.07) is 7.66. The number of rotatable bonds is 6. The van der Waals surface area contributed by atoms with Crippen LogP contribution in [0.4, 0.5) is 5.69 Å². The van der Waals surface area contributed by atoms with Crippen molar-refractivity contribution in [3.05, 3.63) is 30.2 Å². The molecule has 0 spiro atoms. The van der Waals surface area contributed by atoms with Crippen LogP contribution in [0.3, 0.4) is 0 Å². The molecule has 1 aliphatic rings. The van der Waals surface area contributed by atoms with Crippen LogP contribution in [0.5, 0.6) is 0 Å². The Kier molecular flexibility index (Phi) is 7.62. The molecule has 3 N–H and O–H groups in total. The van der Waals surface area contributed by atoms with Gasteiger partial charge in [0.25, 0.3) is 0 Å². The number of nitrogens with zero attached hydrogens (tertiary/aromatic N) is 3. The standard InChI is InChI=1S/C19H27N5O2.ClH/c1-13(2)17(20)19(25)21-12-16-22-18(23-26-16)14-6-8-15(9-7-14)24-10-4-3-5-11-24;/h6-9,13,17H,3-5,10-12,20H2,1-2H3,(H,21,25);1H/t17-;/m0./s1. The molecule has 1 saturated heterocycles. The van der Waals surface area contributed by atoms with E-state index in [0.717, 1.165) is 18.7 Å². The van der Waals surface area contributed by atoms with Gasteiger partial charge in [-0.1, -0.05) is 19.0 Å². The van der Waals surface area contributed by atoms with Crippen molar-refractivity contribution in [2.24, 2.45) is 11.7 Å². The normalized spacial score (nSPS) is 15.3. The Morgan fingerprint density at radius 1 is 1.22 bits per heavy atom. The maximum absolute atomic E-state index is 11.9. The van der Waals surface area contributed by atoms with E-state index in [-0.39, 0.29) is 30.8 Å². The molecule has 0 bridgehead atoms. The molecule has 148 valence electrons. The third-order valence-corrected chi connectivity index (χ3v) is 4.75. The number of anilines is 1. The van der Waals surface area contributed by atoms with Crippen LogP contribution < -0.4 is 16.0 Å². The van der Waals surface area contributed by atoms with E-state index in [1.54, 1.807) is 0 Å². The molecule has 1 amide bonds. The predicted octanol–water partition coefficient (Wildman–Crippen LogP) is 2.75. The lowest BCUT2D eigenvalue weighted by Gasteiger charge is -2.28. The lowest BCUT2D eigenvalue weighted by molar-refractivity contribution is -0.123. The molecule has 7 nitrogen and oxygen atoms in total. The van der Waals surface area contributed by atoms with Crippen molar-refractivity contribution >= 4 is 24.0 Å². The van der Waals surface area contributed by atoms with Crippen LogP contribution in [-0.2, 0) is 11.3 Å². The number of piperidine rings is 1. The van der Waals surface area contributed by atoms with E-state index in [1.807, 2.05) is 26.0 Å². The van der Waals surface area contributed by atoms with Gasteiger partial charge in [-0.15, -0.1) is 12.4 Å². The number of halogens is 1. The van der Waals surface area contributed by atoms with Crippen molar-refractivity contribution in [2.45, 2.75) is 45.7 Å². The van der Waals surface area contributed by atoms with E-state index in [4.69, 9.17) is 10.3 Å². The van der Waals surface area contributed by atoms with E-state index < -0.39 is 6.04 Å². The molecule has 2 aromatic rings. The summed E-state index contributed by atoms with van der Waals surface area (Å²) in [4.78, 5) is 18.6. The first kappa shape index (κ1) is 21.2. The Hall–Kier alpha value is -2.12. The Balaban J connectivity index is 0.00000261. The topological polar surface area (TPSA) is 97.3 Å². The number of amides is 1. The van der Waals surface area contributed by atoms with Gasteiger partial charge in [-0.05, 0) is 49.4 Å². The van der Waals surface area contributed by atoms with Crippen molar-refractivity contribution in [2.75, 3.05) is 18.0 Å². The fraction of sp³-hybridized carbons (Fsp3) is 0.526. The van der Waals surface area contributed by atoms with Gasteiger partial charge < -0.3 is 20.5 Å². The summed E-state index contributed by atoms with van der Waals surface area (Å²) in [7, 11) is 0. The van der Waals surface area contributed by atoms with Crippen LogP contribution >= 0.6 is 12.4 Å². The van der Waals surface area contributed by atoms with Gasteiger partial charge in [-0.2, -0.15) is 4.98 Å². The number of hydrogen-bond acceptors (Lipinski definition) is 6. The SMILES string of the molecule is CC(C)[C@H](N)C(=O)NCc1nc(-c2ccc(N3CCCCC3)cc2)no1.Cl. The summed E-state index contributed by atoms with van der Waals surface area (Å²) in [5.41, 5.74) is 7.94. The van der Waals surface area contributed by atoms with Gasteiger partial charge in [0.15, 0.2) is 0 Å². The summed E-state index contributed by atoms with van der Waals surface area (Å²) in [6.45, 7) is 6.22. The number of carbonyl (C=O) groups excluding carboxylic acids is 1. The van der Waals surface area contributed by atoms with E-state index in [9.17, 15) is 4.79 Å². The van der Waals surface area contributed by atoms with E-state index in [0.29, 0.717) is 11.7 Å². The van der Waals surface area contributed by atoms with Gasteiger partial charge in [-0.25, -0.2) is 0 Å². The predicted molar refractivity (Wildman–Crippen MR) is 108 cm³/mol. The molecule has 1 fully saturated rings. The second kappa shape index (κ2) is 9.71. The van der Waals surface area contributed by atoms with Crippen molar-refractivity contribution < 1.29 is 9.32 Å². The fourth-order valence-electron chi connectivity index (χ4n) is 3.00. The summed E-state index contributed by atoms with van der Waals surface area (Å²) >= 11 is 0. The molecule has 1 aromatic carbocycles. The molecule has 8 heteroatoms. The molecular formula is C19H28ClN5O2. The van der Waals surface area contributed by atoms with Crippen molar-refractivity contribution in [1.29, 1.82) is 0 Å².